The molecule has 0 unspecified atom stereocenters. The molecule has 1 amide bonds. The quantitative estimate of drug-likeness (QED) is 0.701. The summed E-state index contributed by atoms with van der Waals surface area (Å²) < 4.78 is 8.01. The maximum atomic E-state index is 12.6. The third-order valence-electron chi connectivity index (χ3n) is 5.00. The maximum Gasteiger partial charge on any atom is 0.223 e. The van der Waals surface area contributed by atoms with Gasteiger partial charge in [0.05, 0.1) is 12.4 Å². The first kappa shape index (κ1) is 16.6. The summed E-state index contributed by atoms with van der Waals surface area (Å²) in [6.45, 7) is 1.61. The molecule has 26 heavy (non-hydrogen) atoms. The Kier molecular flexibility index (Phi) is 4.86. The number of amides is 1. The number of benzene rings is 1. The number of piperidine rings is 1. The SMILES string of the molecule is O=C(CCc1ccc(-c2ccccc2)o1)N1CCC[C@@H](n2ccnc2)C1. The fourth-order valence-corrected chi connectivity index (χ4v) is 3.57. The number of aromatic nitrogens is 2. The van der Waals surface area contributed by atoms with Gasteiger partial charge in [0.2, 0.25) is 5.91 Å². The predicted octanol–water partition coefficient (Wildman–Crippen LogP) is 3.94. The molecule has 2 aromatic heterocycles. The summed E-state index contributed by atoms with van der Waals surface area (Å²) in [5, 5.41) is 0. The van der Waals surface area contributed by atoms with Crippen LogP contribution in [0, 0.1) is 0 Å². The number of carbonyl (C=O) groups excluding carboxylic acids is 1. The van der Waals surface area contributed by atoms with E-state index in [1.54, 1.807) is 6.20 Å². The van der Waals surface area contributed by atoms with E-state index in [2.05, 4.69) is 9.55 Å². The van der Waals surface area contributed by atoms with E-state index in [0.717, 1.165) is 43.0 Å². The predicted molar refractivity (Wildman–Crippen MR) is 99.5 cm³/mol. The topological polar surface area (TPSA) is 51.3 Å². The van der Waals surface area contributed by atoms with Crippen molar-refractivity contribution in [2.45, 2.75) is 31.7 Å². The molecule has 3 heterocycles. The molecule has 1 atom stereocenters. The van der Waals surface area contributed by atoms with Crippen LogP contribution in [0.15, 0.2) is 65.6 Å². The Bertz CT molecular complexity index is 839. The van der Waals surface area contributed by atoms with Crippen LogP contribution in [0.2, 0.25) is 0 Å². The van der Waals surface area contributed by atoms with Crippen LogP contribution in [0.4, 0.5) is 0 Å². The molecule has 0 radical (unpaired) electrons. The van der Waals surface area contributed by atoms with E-state index in [4.69, 9.17) is 4.42 Å². The molecule has 0 N–H and O–H groups in total. The van der Waals surface area contributed by atoms with Gasteiger partial charge in [-0.15, -0.1) is 0 Å². The van der Waals surface area contributed by atoms with Gasteiger partial charge < -0.3 is 13.9 Å². The Hall–Kier alpha value is -2.82. The first-order chi connectivity index (χ1) is 12.8. The number of furan rings is 1. The summed E-state index contributed by atoms with van der Waals surface area (Å²) in [4.78, 5) is 18.7. The number of carbonyl (C=O) groups is 1. The summed E-state index contributed by atoms with van der Waals surface area (Å²) in [7, 11) is 0. The Morgan fingerprint density at radius 2 is 2.08 bits per heavy atom. The van der Waals surface area contributed by atoms with Crippen molar-refractivity contribution < 1.29 is 9.21 Å². The van der Waals surface area contributed by atoms with Crippen LogP contribution in [0.3, 0.4) is 0 Å². The number of likely N-dealkylation sites (tertiary alicyclic amines) is 1. The number of rotatable bonds is 5. The highest BCUT2D eigenvalue weighted by molar-refractivity contribution is 5.76. The number of imidazole rings is 1. The van der Waals surface area contributed by atoms with Crippen molar-refractivity contribution in [3.05, 3.63) is 66.9 Å². The smallest absolute Gasteiger partial charge is 0.223 e. The Morgan fingerprint density at radius 3 is 2.88 bits per heavy atom. The minimum absolute atomic E-state index is 0.201. The first-order valence-electron chi connectivity index (χ1n) is 9.19. The molecule has 1 aliphatic rings. The lowest BCUT2D eigenvalue weighted by molar-refractivity contribution is -0.132. The van der Waals surface area contributed by atoms with Crippen LogP contribution in [-0.4, -0.2) is 33.4 Å². The van der Waals surface area contributed by atoms with Crippen LogP contribution in [0.5, 0.6) is 0 Å². The molecule has 0 aliphatic carbocycles. The van der Waals surface area contributed by atoms with E-state index in [1.165, 1.54) is 0 Å². The first-order valence-corrected chi connectivity index (χ1v) is 9.19. The summed E-state index contributed by atoms with van der Waals surface area (Å²) in [5.41, 5.74) is 1.06. The summed E-state index contributed by atoms with van der Waals surface area (Å²) in [5.74, 6) is 1.92. The summed E-state index contributed by atoms with van der Waals surface area (Å²) in [6.07, 6.45) is 8.86. The lowest BCUT2D eigenvalue weighted by Gasteiger charge is -2.33. The third kappa shape index (κ3) is 3.72. The highest BCUT2D eigenvalue weighted by Gasteiger charge is 2.24. The fraction of sp³-hybridized carbons (Fsp3) is 0.333. The van der Waals surface area contributed by atoms with Crippen molar-refractivity contribution in [3.63, 3.8) is 0 Å². The largest absolute Gasteiger partial charge is 0.461 e. The molecule has 1 aromatic carbocycles. The standard InChI is InChI=1S/C21H23N3O2/c25-21(23-13-4-7-18(15-23)24-14-12-22-16-24)11-9-19-8-10-20(26-19)17-5-2-1-3-6-17/h1-3,5-6,8,10,12,14,16,18H,4,7,9,11,13,15H2/t18-/m1/s1. The minimum atomic E-state index is 0.201. The minimum Gasteiger partial charge on any atom is -0.461 e. The van der Waals surface area contributed by atoms with Crippen LogP contribution >= 0.6 is 0 Å². The van der Waals surface area contributed by atoms with Crippen LogP contribution < -0.4 is 0 Å². The number of hydrogen-bond donors (Lipinski definition) is 0. The van der Waals surface area contributed by atoms with Crippen molar-refractivity contribution in [2.75, 3.05) is 13.1 Å². The Balaban J connectivity index is 1.33. The van der Waals surface area contributed by atoms with Crippen molar-refractivity contribution in [3.8, 4) is 11.3 Å². The monoisotopic (exact) mass is 349 g/mol. The van der Waals surface area contributed by atoms with Crippen LogP contribution in [0.25, 0.3) is 11.3 Å². The van der Waals surface area contributed by atoms with E-state index < -0.39 is 0 Å². The van der Waals surface area contributed by atoms with Gasteiger partial charge in [-0.1, -0.05) is 30.3 Å². The van der Waals surface area contributed by atoms with Crippen molar-refractivity contribution in [1.82, 2.24) is 14.5 Å². The van der Waals surface area contributed by atoms with Gasteiger partial charge in [0.15, 0.2) is 0 Å². The zero-order valence-corrected chi connectivity index (χ0v) is 14.8. The van der Waals surface area contributed by atoms with Gasteiger partial charge in [-0.3, -0.25) is 4.79 Å². The molecule has 4 rings (SSSR count). The highest BCUT2D eigenvalue weighted by Crippen LogP contribution is 2.24. The second-order valence-electron chi connectivity index (χ2n) is 6.78. The zero-order chi connectivity index (χ0) is 17.8. The molecule has 0 spiro atoms. The van der Waals surface area contributed by atoms with E-state index in [-0.39, 0.29) is 5.91 Å². The van der Waals surface area contributed by atoms with Crippen LogP contribution in [-0.2, 0) is 11.2 Å². The van der Waals surface area contributed by atoms with Crippen molar-refractivity contribution in [1.29, 1.82) is 0 Å². The molecule has 5 heteroatoms. The number of aryl methyl sites for hydroxylation is 1. The van der Waals surface area contributed by atoms with Gasteiger partial charge >= 0.3 is 0 Å². The lowest BCUT2D eigenvalue weighted by Crippen LogP contribution is -2.40. The Labute approximate surface area is 153 Å². The molecule has 0 saturated carbocycles. The van der Waals surface area contributed by atoms with Gasteiger partial charge in [0.25, 0.3) is 0 Å². The van der Waals surface area contributed by atoms with Crippen LogP contribution in [0.1, 0.15) is 31.1 Å². The highest BCUT2D eigenvalue weighted by atomic mass is 16.3. The lowest BCUT2D eigenvalue weighted by atomic mass is 10.0. The summed E-state index contributed by atoms with van der Waals surface area (Å²) in [6, 6.07) is 14.3. The van der Waals surface area contributed by atoms with E-state index >= 15 is 0 Å². The molecule has 1 saturated heterocycles. The normalized spacial score (nSPS) is 17.4. The number of hydrogen-bond acceptors (Lipinski definition) is 3. The Morgan fingerprint density at radius 1 is 1.19 bits per heavy atom. The fourth-order valence-electron chi connectivity index (χ4n) is 3.57. The molecule has 1 aliphatic heterocycles. The van der Waals surface area contributed by atoms with Gasteiger partial charge in [0.1, 0.15) is 11.5 Å². The van der Waals surface area contributed by atoms with Gasteiger partial charge in [0, 0.05) is 43.9 Å². The molecular weight excluding hydrogens is 326 g/mol. The van der Waals surface area contributed by atoms with E-state index in [1.807, 2.05) is 59.9 Å². The second kappa shape index (κ2) is 7.60. The van der Waals surface area contributed by atoms with E-state index in [0.29, 0.717) is 18.9 Å². The second-order valence-corrected chi connectivity index (χ2v) is 6.78. The molecule has 5 nitrogen and oxygen atoms in total. The summed E-state index contributed by atoms with van der Waals surface area (Å²) >= 11 is 0. The molecule has 1 fully saturated rings. The molecular formula is C21H23N3O2. The van der Waals surface area contributed by atoms with Gasteiger partial charge in [-0.25, -0.2) is 4.98 Å². The number of nitrogens with zero attached hydrogens (tertiary/aromatic N) is 3. The third-order valence-corrected chi connectivity index (χ3v) is 5.00. The zero-order valence-electron chi connectivity index (χ0n) is 14.8. The molecule has 3 aromatic rings. The average molecular weight is 349 g/mol. The van der Waals surface area contributed by atoms with E-state index in [9.17, 15) is 4.79 Å². The van der Waals surface area contributed by atoms with Crippen molar-refractivity contribution >= 4 is 5.91 Å². The van der Waals surface area contributed by atoms with Gasteiger partial charge in [-0.05, 0) is 25.0 Å². The average Bonchev–Trinajstić information content (AvgIpc) is 3.39. The van der Waals surface area contributed by atoms with Crippen molar-refractivity contribution in [2.24, 2.45) is 0 Å². The van der Waals surface area contributed by atoms with Gasteiger partial charge in [-0.2, -0.15) is 0 Å². The molecule has 134 valence electrons. The maximum absolute atomic E-state index is 12.6. The molecule has 0 bridgehead atoms.